The van der Waals surface area contributed by atoms with Crippen molar-refractivity contribution in [1.29, 1.82) is 0 Å². The molecule has 0 heterocycles. The summed E-state index contributed by atoms with van der Waals surface area (Å²) in [5, 5.41) is 0. The van der Waals surface area contributed by atoms with E-state index in [4.69, 9.17) is 4.74 Å². The minimum atomic E-state index is 0.488. The highest BCUT2D eigenvalue weighted by Gasteiger charge is 2.64. The Morgan fingerprint density at radius 3 is 2.29 bits per heavy atom. The van der Waals surface area contributed by atoms with Gasteiger partial charge < -0.3 is 4.74 Å². The summed E-state index contributed by atoms with van der Waals surface area (Å²) in [5.74, 6) is 1.59. The Kier molecular flexibility index (Phi) is 2.23. The first-order valence-electron chi connectivity index (χ1n) is 5.98. The molecule has 0 aromatic carbocycles. The molecule has 82 valence electrons. The Hall–Kier alpha value is -0.0400. The number of rotatable bonds is 2. The van der Waals surface area contributed by atoms with Crippen LogP contribution in [0.25, 0.3) is 0 Å². The van der Waals surface area contributed by atoms with Gasteiger partial charge in [-0.25, -0.2) is 0 Å². The lowest BCUT2D eigenvalue weighted by atomic mass is 9.63. The van der Waals surface area contributed by atoms with Crippen LogP contribution in [0.15, 0.2) is 0 Å². The van der Waals surface area contributed by atoms with Crippen LogP contribution in [0.2, 0.25) is 0 Å². The van der Waals surface area contributed by atoms with Gasteiger partial charge in [-0.05, 0) is 41.9 Å². The fourth-order valence-corrected chi connectivity index (χ4v) is 4.50. The Bertz CT molecular complexity index is 231. The quantitative estimate of drug-likeness (QED) is 0.657. The normalized spacial score (nSPS) is 45.0. The zero-order valence-corrected chi connectivity index (χ0v) is 10.3. The van der Waals surface area contributed by atoms with Crippen LogP contribution in [0.1, 0.15) is 47.0 Å². The van der Waals surface area contributed by atoms with Gasteiger partial charge in [0.25, 0.3) is 0 Å². The summed E-state index contributed by atoms with van der Waals surface area (Å²) in [4.78, 5) is 0. The number of ether oxygens (including phenoxy) is 1. The molecule has 2 aliphatic rings. The van der Waals surface area contributed by atoms with Crippen molar-refractivity contribution >= 4 is 0 Å². The van der Waals surface area contributed by atoms with Crippen molar-refractivity contribution in [3.63, 3.8) is 0 Å². The average Bonchev–Trinajstić information content (AvgIpc) is 2.51. The topological polar surface area (TPSA) is 9.23 Å². The van der Waals surface area contributed by atoms with Crippen LogP contribution in [-0.2, 0) is 4.74 Å². The van der Waals surface area contributed by atoms with Gasteiger partial charge in [0.1, 0.15) is 0 Å². The lowest BCUT2D eigenvalue weighted by molar-refractivity contribution is 0.0362. The van der Waals surface area contributed by atoms with Gasteiger partial charge in [-0.3, -0.25) is 0 Å². The monoisotopic (exact) mass is 196 g/mol. The summed E-state index contributed by atoms with van der Waals surface area (Å²) in [7, 11) is 1.88. The van der Waals surface area contributed by atoms with E-state index in [9.17, 15) is 0 Å². The third-order valence-electron chi connectivity index (χ3n) is 5.53. The van der Waals surface area contributed by atoms with Gasteiger partial charge >= 0.3 is 0 Å². The Morgan fingerprint density at radius 2 is 1.93 bits per heavy atom. The zero-order chi connectivity index (χ0) is 10.6. The number of methoxy groups -OCH3 is 1. The molecule has 3 unspecified atom stereocenters. The second kappa shape index (κ2) is 2.98. The van der Waals surface area contributed by atoms with Crippen molar-refractivity contribution in [1.82, 2.24) is 0 Å². The molecule has 0 aliphatic heterocycles. The van der Waals surface area contributed by atoms with Crippen LogP contribution in [0.4, 0.5) is 0 Å². The maximum Gasteiger partial charge on any atom is 0.0610 e. The summed E-state index contributed by atoms with van der Waals surface area (Å²) in [6.07, 6.45) is 4.62. The smallest absolute Gasteiger partial charge is 0.0610 e. The first kappa shape index (κ1) is 10.5. The van der Waals surface area contributed by atoms with Gasteiger partial charge in [-0.2, -0.15) is 0 Å². The Morgan fingerprint density at radius 1 is 1.29 bits per heavy atom. The Labute approximate surface area is 88.2 Å². The molecule has 0 aromatic rings. The number of fused-ring (bicyclic) bond motifs is 2. The van der Waals surface area contributed by atoms with Crippen LogP contribution in [0, 0.1) is 22.7 Å². The van der Waals surface area contributed by atoms with E-state index in [0.717, 1.165) is 11.8 Å². The first-order valence-corrected chi connectivity index (χ1v) is 5.98. The molecular weight excluding hydrogens is 172 g/mol. The van der Waals surface area contributed by atoms with Gasteiger partial charge in [0, 0.05) is 7.11 Å². The van der Waals surface area contributed by atoms with E-state index >= 15 is 0 Å². The molecular formula is C13H24O. The highest BCUT2D eigenvalue weighted by atomic mass is 16.5. The second-order valence-electron chi connectivity index (χ2n) is 6.16. The molecule has 2 bridgehead atoms. The van der Waals surface area contributed by atoms with Crippen molar-refractivity contribution in [3.05, 3.63) is 0 Å². The predicted octanol–water partition coefficient (Wildman–Crippen LogP) is 3.48. The third kappa shape index (κ3) is 0.997. The highest BCUT2D eigenvalue weighted by molar-refractivity contribution is 5.13. The Balaban J connectivity index is 2.35. The van der Waals surface area contributed by atoms with Crippen LogP contribution >= 0.6 is 0 Å². The minimum Gasteiger partial charge on any atom is -0.381 e. The number of hydrogen-bond acceptors (Lipinski definition) is 1. The van der Waals surface area contributed by atoms with E-state index in [2.05, 4.69) is 27.7 Å². The molecule has 14 heavy (non-hydrogen) atoms. The summed E-state index contributed by atoms with van der Waals surface area (Å²) >= 11 is 0. The predicted molar refractivity (Wildman–Crippen MR) is 59.2 cm³/mol. The molecule has 1 nitrogen and oxygen atoms in total. The summed E-state index contributed by atoms with van der Waals surface area (Å²) in [6.45, 7) is 9.71. The lowest BCUT2D eigenvalue weighted by Gasteiger charge is -2.41. The molecule has 0 saturated heterocycles. The van der Waals surface area contributed by atoms with E-state index < -0.39 is 0 Å². The minimum absolute atomic E-state index is 0.488. The van der Waals surface area contributed by atoms with E-state index in [1.807, 2.05) is 7.11 Å². The lowest BCUT2D eigenvalue weighted by Crippen LogP contribution is -2.35. The van der Waals surface area contributed by atoms with Gasteiger partial charge in [-0.1, -0.05) is 27.7 Å². The summed E-state index contributed by atoms with van der Waals surface area (Å²) in [6, 6.07) is 0. The van der Waals surface area contributed by atoms with E-state index in [1.54, 1.807) is 0 Å². The third-order valence-corrected chi connectivity index (χ3v) is 5.53. The molecule has 0 N–H and O–H groups in total. The molecule has 2 rings (SSSR count). The summed E-state index contributed by atoms with van der Waals surface area (Å²) < 4.78 is 5.66. The first-order chi connectivity index (χ1) is 6.45. The van der Waals surface area contributed by atoms with Crippen LogP contribution < -0.4 is 0 Å². The van der Waals surface area contributed by atoms with E-state index in [1.165, 1.54) is 19.3 Å². The maximum atomic E-state index is 5.66. The van der Waals surface area contributed by atoms with E-state index in [-0.39, 0.29) is 0 Å². The molecule has 0 aromatic heterocycles. The molecule has 0 radical (unpaired) electrons. The van der Waals surface area contributed by atoms with Crippen molar-refractivity contribution < 1.29 is 4.74 Å². The van der Waals surface area contributed by atoms with Gasteiger partial charge in [0.2, 0.25) is 0 Å². The van der Waals surface area contributed by atoms with Crippen LogP contribution in [0.3, 0.4) is 0 Å². The van der Waals surface area contributed by atoms with Crippen molar-refractivity contribution in [2.45, 2.75) is 53.1 Å². The van der Waals surface area contributed by atoms with Crippen LogP contribution in [0.5, 0.6) is 0 Å². The van der Waals surface area contributed by atoms with Gasteiger partial charge in [0.15, 0.2) is 0 Å². The molecule has 2 aliphatic carbocycles. The molecule has 0 spiro atoms. The standard InChI is InChI=1S/C13H24O/c1-9(2)13-7-6-10(12(13,3)4)11(8-13)14-5/h9-11H,6-8H2,1-5H3. The largest absolute Gasteiger partial charge is 0.381 e. The summed E-state index contributed by atoms with van der Waals surface area (Å²) in [5.41, 5.74) is 1.04. The second-order valence-corrected chi connectivity index (χ2v) is 6.16. The van der Waals surface area contributed by atoms with Gasteiger partial charge in [-0.15, -0.1) is 0 Å². The fraction of sp³-hybridized carbons (Fsp3) is 1.00. The molecule has 3 atom stereocenters. The highest BCUT2D eigenvalue weighted by Crippen LogP contribution is 2.69. The molecule has 1 heteroatoms. The number of hydrogen-bond donors (Lipinski definition) is 0. The van der Waals surface area contributed by atoms with Crippen molar-refractivity contribution in [2.24, 2.45) is 22.7 Å². The van der Waals surface area contributed by atoms with Crippen molar-refractivity contribution in [2.75, 3.05) is 7.11 Å². The fourth-order valence-electron chi connectivity index (χ4n) is 4.50. The van der Waals surface area contributed by atoms with E-state index in [0.29, 0.717) is 16.9 Å². The molecule has 0 amide bonds. The molecule has 2 fully saturated rings. The SMILES string of the molecule is COC1CC2(C(C)C)CCC1C2(C)C. The van der Waals surface area contributed by atoms with Gasteiger partial charge in [0.05, 0.1) is 6.10 Å². The average molecular weight is 196 g/mol. The van der Waals surface area contributed by atoms with Crippen molar-refractivity contribution in [3.8, 4) is 0 Å². The molecule has 2 saturated carbocycles. The maximum absolute atomic E-state index is 5.66. The van der Waals surface area contributed by atoms with Crippen LogP contribution in [-0.4, -0.2) is 13.2 Å². The zero-order valence-electron chi connectivity index (χ0n) is 10.3.